The van der Waals surface area contributed by atoms with Crippen molar-refractivity contribution < 1.29 is 37.7 Å². The fourth-order valence-corrected chi connectivity index (χ4v) is 7.79. The first-order valence-corrected chi connectivity index (χ1v) is 17.3. The number of hydrogen-bond donors (Lipinski definition) is 2. The predicted molar refractivity (Wildman–Crippen MR) is 188 cm³/mol. The lowest BCUT2D eigenvalue weighted by atomic mass is 9.62. The molecule has 1 saturated carbocycles. The highest BCUT2D eigenvalue weighted by Crippen LogP contribution is 2.58. The summed E-state index contributed by atoms with van der Waals surface area (Å²) >= 11 is 12.5. The molecular formula is C38H39Cl2F2N3O6. The fraction of sp³-hybridized carbons (Fsp3) is 0.421. The van der Waals surface area contributed by atoms with Crippen molar-refractivity contribution in [3.05, 3.63) is 93.0 Å². The van der Waals surface area contributed by atoms with Crippen LogP contribution in [0.15, 0.2) is 54.6 Å². The van der Waals surface area contributed by atoms with E-state index in [2.05, 4.69) is 11.4 Å². The highest BCUT2D eigenvalue weighted by Gasteiger charge is 2.66. The second-order valence-corrected chi connectivity index (χ2v) is 15.1. The molecule has 1 heterocycles. The van der Waals surface area contributed by atoms with Gasteiger partial charge in [-0.1, -0.05) is 62.2 Å². The molecule has 1 aliphatic carbocycles. The molecule has 0 bridgehead atoms. The Bertz CT molecular complexity index is 1900. The highest BCUT2D eigenvalue weighted by molar-refractivity contribution is 6.31. The average Bonchev–Trinajstić information content (AvgIpc) is 3.79. The monoisotopic (exact) mass is 741 g/mol. The second-order valence-electron chi connectivity index (χ2n) is 14.2. The lowest BCUT2D eigenvalue weighted by molar-refractivity contribution is -0.145. The molecule has 0 spiro atoms. The summed E-state index contributed by atoms with van der Waals surface area (Å²) in [7, 11) is 1.31. The third kappa shape index (κ3) is 7.41. The minimum absolute atomic E-state index is 0.0457. The number of carboxylic acid groups (broad SMARTS) is 1. The number of halogens is 4. The number of hydrogen-bond acceptors (Lipinski definition) is 7. The van der Waals surface area contributed by atoms with Crippen LogP contribution in [0.4, 0.5) is 14.5 Å². The van der Waals surface area contributed by atoms with Crippen molar-refractivity contribution >= 4 is 46.7 Å². The molecule has 0 aromatic heterocycles. The van der Waals surface area contributed by atoms with Crippen molar-refractivity contribution in [1.29, 1.82) is 5.26 Å². The fourth-order valence-electron chi connectivity index (χ4n) is 7.45. The van der Waals surface area contributed by atoms with E-state index in [-0.39, 0.29) is 69.6 Å². The molecule has 6 atom stereocenters. The van der Waals surface area contributed by atoms with Crippen LogP contribution in [0.1, 0.15) is 67.9 Å². The molecule has 270 valence electrons. The minimum atomic E-state index is -1.90. The normalized spacial score (nSPS) is 24.4. The van der Waals surface area contributed by atoms with Crippen LogP contribution >= 0.6 is 23.2 Å². The number of methoxy groups -OCH3 is 1. The number of nitrogens with one attached hydrogen (secondary N) is 1. The smallest absolute Gasteiger partial charge is 0.335 e. The Labute approximate surface area is 305 Å². The van der Waals surface area contributed by atoms with Crippen LogP contribution in [0.3, 0.4) is 0 Å². The first-order chi connectivity index (χ1) is 24.1. The van der Waals surface area contributed by atoms with Gasteiger partial charge in [0.2, 0.25) is 5.91 Å². The number of likely N-dealkylation sites (tertiary alicyclic amines) is 1. The molecule has 1 unspecified atom stereocenters. The van der Waals surface area contributed by atoms with Gasteiger partial charge in [0.05, 0.1) is 48.0 Å². The molecule has 9 nitrogen and oxygen atoms in total. The van der Waals surface area contributed by atoms with E-state index in [1.807, 2.05) is 20.8 Å². The summed E-state index contributed by atoms with van der Waals surface area (Å²) < 4.78 is 43.4. The molecule has 3 aromatic rings. The van der Waals surface area contributed by atoms with E-state index in [0.717, 1.165) is 6.07 Å². The minimum Gasteiger partial charge on any atom is -0.495 e. The van der Waals surface area contributed by atoms with E-state index in [0.29, 0.717) is 6.42 Å². The first kappa shape index (κ1) is 38.0. The van der Waals surface area contributed by atoms with Gasteiger partial charge < -0.3 is 19.9 Å². The zero-order valence-electron chi connectivity index (χ0n) is 28.8. The molecule has 5 rings (SSSR count). The summed E-state index contributed by atoms with van der Waals surface area (Å²) in [6.45, 7) is 7.85. The van der Waals surface area contributed by atoms with Crippen LogP contribution < -0.4 is 10.1 Å². The van der Waals surface area contributed by atoms with E-state index in [1.54, 1.807) is 11.8 Å². The van der Waals surface area contributed by atoms with Gasteiger partial charge in [-0.15, -0.1) is 0 Å². The summed E-state index contributed by atoms with van der Waals surface area (Å²) in [5.41, 5.74) is -2.53. The van der Waals surface area contributed by atoms with Crippen molar-refractivity contribution in [2.75, 3.05) is 25.6 Å². The summed E-state index contributed by atoms with van der Waals surface area (Å²) in [6.07, 6.45) is 0.708. The number of carbonyl (C=O) groups is 3. The van der Waals surface area contributed by atoms with Gasteiger partial charge in [0.15, 0.2) is 0 Å². The number of benzene rings is 3. The van der Waals surface area contributed by atoms with E-state index in [9.17, 15) is 24.8 Å². The number of esters is 1. The van der Waals surface area contributed by atoms with Crippen molar-refractivity contribution in [3.63, 3.8) is 0 Å². The van der Waals surface area contributed by atoms with Gasteiger partial charge in [-0.05, 0) is 73.1 Å². The molecule has 51 heavy (non-hydrogen) atoms. The third-order valence-electron chi connectivity index (χ3n) is 9.71. The number of anilines is 1. The Morgan fingerprint density at radius 3 is 2.45 bits per heavy atom. The maximum Gasteiger partial charge on any atom is 0.335 e. The topological polar surface area (TPSA) is 129 Å². The van der Waals surface area contributed by atoms with Gasteiger partial charge >= 0.3 is 11.9 Å². The van der Waals surface area contributed by atoms with E-state index >= 15 is 8.78 Å². The Kier molecular flexibility index (Phi) is 11.0. The molecular weight excluding hydrogens is 703 g/mol. The lowest BCUT2D eigenvalue weighted by Crippen LogP contribution is -2.48. The molecule has 13 heteroatoms. The quantitative estimate of drug-likeness (QED) is 0.190. The number of carboxylic acids is 1. The van der Waals surface area contributed by atoms with Crippen molar-refractivity contribution in [3.8, 4) is 11.8 Å². The number of carbonyl (C=O) groups excluding carboxylic acids is 2. The Balaban J connectivity index is 1.79. The number of aromatic carboxylic acids is 1. The van der Waals surface area contributed by atoms with Crippen LogP contribution in [-0.2, 0) is 19.7 Å². The predicted octanol–water partition coefficient (Wildman–Crippen LogP) is 7.85. The number of nitriles is 1. The van der Waals surface area contributed by atoms with E-state index in [1.165, 1.54) is 55.6 Å². The van der Waals surface area contributed by atoms with Gasteiger partial charge in [0, 0.05) is 29.1 Å². The first-order valence-electron chi connectivity index (χ1n) is 16.5. The number of nitrogens with zero attached hydrogens (tertiary/aromatic N) is 2. The molecule has 2 fully saturated rings. The largest absolute Gasteiger partial charge is 0.495 e. The number of amides is 1. The molecule has 1 aliphatic heterocycles. The van der Waals surface area contributed by atoms with Crippen molar-refractivity contribution in [1.82, 2.24) is 4.90 Å². The van der Waals surface area contributed by atoms with E-state index < -0.39 is 58.3 Å². The van der Waals surface area contributed by atoms with Crippen molar-refractivity contribution in [2.24, 2.45) is 17.3 Å². The van der Waals surface area contributed by atoms with Crippen LogP contribution in [0.25, 0.3) is 0 Å². The highest BCUT2D eigenvalue weighted by atomic mass is 35.5. The molecule has 2 aliphatic rings. The van der Waals surface area contributed by atoms with Gasteiger partial charge in [-0.3, -0.25) is 14.5 Å². The molecule has 3 aromatic carbocycles. The Morgan fingerprint density at radius 2 is 1.84 bits per heavy atom. The molecule has 2 N–H and O–H groups in total. The maximum absolute atomic E-state index is 16.4. The molecule has 1 saturated heterocycles. The summed E-state index contributed by atoms with van der Waals surface area (Å²) in [4.78, 5) is 41.2. The van der Waals surface area contributed by atoms with Crippen molar-refractivity contribution in [2.45, 2.75) is 64.0 Å². The van der Waals surface area contributed by atoms with Crippen LogP contribution in [0.5, 0.6) is 5.75 Å². The van der Waals surface area contributed by atoms with Crippen LogP contribution in [0.2, 0.25) is 10.0 Å². The SMILES string of the molecule is CCOC(=O)[C@H]1CC1CN1[C@@H](CC(C)(C)C)[C@](C#N)(c2ccc(Cl)cc2F)[C@@H](c2cccc(Cl)c2F)[C@@H]1C(=O)Nc1ccc(C(=O)O)cc1OC. The summed E-state index contributed by atoms with van der Waals surface area (Å²) in [5.74, 6) is -6.01. The van der Waals surface area contributed by atoms with Gasteiger partial charge in [-0.2, -0.15) is 5.26 Å². The standard InChI is InChI=1S/C38H39Cl2F2N3O6/c1-6-51-36(49)24-14-21(24)18-45-30(17-37(2,3)4)38(19-43,25-12-11-22(39)16-27(25)41)31(23-8-7-9-26(40)32(23)42)33(45)34(46)44-28-13-10-20(35(47)48)15-29(28)50-5/h7-13,15-16,21,24,30-31,33H,6,14,17-18H2,1-5H3,(H,44,46)(H,47,48)/t21?,24-,30-,31-,33+,38-/m0/s1. The third-order valence-corrected chi connectivity index (χ3v) is 10.2. The Morgan fingerprint density at radius 1 is 1.12 bits per heavy atom. The van der Waals surface area contributed by atoms with Crippen LogP contribution in [0, 0.1) is 40.2 Å². The van der Waals surface area contributed by atoms with Crippen LogP contribution in [-0.4, -0.2) is 60.2 Å². The second kappa shape index (κ2) is 14.8. The average molecular weight is 743 g/mol. The maximum atomic E-state index is 16.4. The number of rotatable bonds is 11. The molecule has 0 radical (unpaired) electrons. The zero-order valence-corrected chi connectivity index (χ0v) is 30.3. The van der Waals surface area contributed by atoms with Gasteiger partial charge in [0.1, 0.15) is 22.8 Å². The van der Waals surface area contributed by atoms with Gasteiger partial charge in [-0.25, -0.2) is 13.6 Å². The molecule has 1 amide bonds. The summed E-state index contributed by atoms with van der Waals surface area (Å²) in [6, 6.07) is 12.3. The Hall–Kier alpha value is -4.24. The lowest BCUT2D eigenvalue weighted by Gasteiger charge is -2.39. The zero-order chi connectivity index (χ0) is 37.4. The van der Waals surface area contributed by atoms with E-state index in [4.69, 9.17) is 32.7 Å². The van der Waals surface area contributed by atoms with Gasteiger partial charge in [0.25, 0.3) is 0 Å². The summed E-state index contributed by atoms with van der Waals surface area (Å²) in [5, 5.41) is 23.6. The number of ether oxygens (including phenoxy) is 2.